The van der Waals surface area contributed by atoms with Crippen LogP contribution in [-0.2, 0) is 10.0 Å². The van der Waals surface area contributed by atoms with Crippen LogP contribution in [0.2, 0.25) is 5.02 Å². The Hall–Kier alpha value is -2.95. The maximum atomic E-state index is 12.4. The van der Waals surface area contributed by atoms with Crippen LogP contribution in [0.25, 0.3) is 10.2 Å². The number of likely N-dealkylation sites (N-methyl/N-ethyl adjacent to an activating group) is 1. The van der Waals surface area contributed by atoms with E-state index in [2.05, 4.69) is 58.3 Å². The number of halogens is 2. The largest absolute Gasteiger partial charge is 0.494 e. The fraction of sp³-hybridized carbons (Fsp3) is 0.433. The molecule has 2 aliphatic rings. The molecule has 0 saturated carbocycles. The monoisotopic (exact) mass is 749 g/mol. The summed E-state index contributed by atoms with van der Waals surface area (Å²) in [5, 5.41) is 7.16. The fourth-order valence-electron chi connectivity index (χ4n) is 5.91. The molecule has 2 N–H and O–H groups in total. The number of hydrogen-bond acceptors (Lipinski definition) is 12. The first-order valence-corrected chi connectivity index (χ1v) is 18.8. The fourth-order valence-corrected chi connectivity index (χ4v) is 7.69. The first-order valence-electron chi connectivity index (χ1n) is 14.9. The zero-order chi connectivity index (χ0) is 32.6. The van der Waals surface area contributed by atoms with Gasteiger partial charge in [0, 0.05) is 64.6 Å². The number of anilines is 6. The smallest absolute Gasteiger partial charge is 0.232 e. The van der Waals surface area contributed by atoms with E-state index in [0.29, 0.717) is 55.6 Å². The van der Waals surface area contributed by atoms with Gasteiger partial charge in [-0.05, 0) is 54.0 Å². The van der Waals surface area contributed by atoms with Crippen molar-refractivity contribution in [2.45, 2.75) is 18.9 Å². The molecule has 0 amide bonds. The van der Waals surface area contributed by atoms with Crippen molar-refractivity contribution in [3.8, 4) is 5.75 Å². The van der Waals surface area contributed by atoms with Gasteiger partial charge in [-0.3, -0.25) is 9.21 Å². The quantitative estimate of drug-likeness (QED) is 0.222. The van der Waals surface area contributed by atoms with Crippen molar-refractivity contribution >= 4 is 93.6 Å². The number of aromatic nitrogens is 3. The molecule has 2 saturated heterocycles. The van der Waals surface area contributed by atoms with E-state index < -0.39 is 10.0 Å². The molecule has 0 unspecified atom stereocenters. The van der Waals surface area contributed by atoms with Crippen LogP contribution < -0.4 is 24.6 Å². The molecule has 246 valence electrons. The highest BCUT2D eigenvalue weighted by atomic mass is 79.9. The van der Waals surface area contributed by atoms with Crippen LogP contribution in [0.15, 0.2) is 40.4 Å². The van der Waals surface area contributed by atoms with Crippen LogP contribution in [0, 0.1) is 0 Å². The lowest BCUT2D eigenvalue weighted by atomic mass is 10.0. The molecule has 46 heavy (non-hydrogen) atoms. The van der Waals surface area contributed by atoms with Gasteiger partial charge in [0.2, 0.25) is 16.0 Å². The summed E-state index contributed by atoms with van der Waals surface area (Å²) in [4.78, 5) is 20.9. The summed E-state index contributed by atoms with van der Waals surface area (Å²) >= 11 is 11.9. The topological polar surface area (TPSA) is 119 Å². The van der Waals surface area contributed by atoms with Crippen molar-refractivity contribution in [2.24, 2.45) is 0 Å². The van der Waals surface area contributed by atoms with Crippen LogP contribution in [0.5, 0.6) is 5.75 Å². The molecular weight excluding hydrogens is 714 g/mol. The van der Waals surface area contributed by atoms with Gasteiger partial charge in [0.25, 0.3) is 0 Å². The minimum absolute atomic E-state index is 0.303. The first kappa shape index (κ1) is 33.0. The van der Waals surface area contributed by atoms with Crippen LogP contribution >= 0.6 is 38.9 Å². The molecule has 0 bridgehead atoms. The summed E-state index contributed by atoms with van der Waals surface area (Å²) in [6.07, 6.45) is 4.98. The second-order valence-corrected chi connectivity index (χ2v) is 15.8. The Morgan fingerprint density at radius 2 is 1.78 bits per heavy atom. The Bertz CT molecular complexity index is 1830. The number of hydrogen-bond donors (Lipinski definition) is 2. The summed E-state index contributed by atoms with van der Waals surface area (Å²) < 4.78 is 33.4. The van der Waals surface area contributed by atoms with Gasteiger partial charge in [-0.1, -0.05) is 11.6 Å². The third kappa shape index (κ3) is 7.14. The maximum absolute atomic E-state index is 12.4. The number of piperidine rings is 1. The van der Waals surface area contributed by atoms with Gasteiger partial charge in [-0.2, -0.15) is 4.98 Å². The van der Waals surface area contributed by atoms with E-state index in [1.54, 1.807) is 24.9 Å². The number of fused-ring (bicyclic) bond motifs is 1. The summed E-state index contributed by atoms with van der Waals surface area (Å²) in [6.45, 7) is 6.38. The lowest BCUT2D eigenvalue weighted by Crippen LogP contribution is -2.52. The van der Waals surface area contributed by atoms with Gasteiger partial charge in [-0.15, -0.1) is 11.3 Å². The van der Waals surface area contributed by atoms with E-state index in [1.165, 1.54) is 22.7 Å². The van der Waals surface area contributed by atoms with Crippen molar-refractivity contribution in [3.05, 3.63) is 45.5 Å². The van der Waals surface area contributed by atoms with E-state index >= 15 is 0 Å². The number of ether oxygens (including phenoxy) is 1. The second kappa shape index (κ2) is 13.6. The van der Waals surface area contributed by atoms with Gasteiger partial charge in [0.15, 0.2) is 0 Å². The summed E-state index contributed by atoms with van der Waals surface area (Å²) in [7, 11) is 1.79. The molecule has 16 heteroatoms. The predicted octanol–water partition coefficient (Wildman–Crippen LogP) is 5.61. The number of rotatable bonds is 9. The van der Waals surface area contributed by atoms with E-state index in [9.17, 15) is 8.42 Å². The van der Waals surface area contributed by atoms with Crippen molar-refractivity contribution in [1.29, 1.82) is 0 Å². The van der Waals surface area contributed by atoms with E-state index in [0.717, 1.165) is 68.8 Å². The van der Waals surface area contributed by atoms with Gasteiger partial charge >= 0.3 is 0 Å². The predicted molar refractivity (Wildman–Crippen MR) is 191 cm³/mol. The van der Waals surface area contributed by atoms with E-state index in [1.807, 2.05) is 18.2 Å². The molecule has 2 aliphatic heterocycles. The maximum Gasteiger partial charge on any atom is 0.232 e. The Balaban J connectivity index is 1.21. The number of sulfonamides is 1. The van der Waals surface area contributed by atoms with Crippen LogP contribution in [0.1, 0.15) is 12.8 Å². The highest BCUT2D eigenvalue weighted by Gasteiger charge is 2.28. The Morgan fingerprint density at radius 1 is 1.04 bits per heavy atom. The number of nitrogens with zero attached hydrogens (tertiary/aromatic N) is 7. The van der Waals surface area contributed by atoms with Crippen LogP contribution in [-0.4, -0.2) is 106 Å². The molecule has 12 nitrogen and oxygen atoms in total. The molecule has 4 aromatic rings. The SMILES string of the molecule is COc1cc(N2CCC(N3CCN(C)CC3)CC2)c(Cl)cc1Nc1ncc(Br)c(Nc2cc3scnc3cc2N(C)S(C)(=O)=O)n1. The average molecular weight is 751 g/mol. The van der Waals surface area contributed by atoms with Crippen LogP contribution in [0.3, 0.4) is 0 Å². The van der Waals surface area contributed by atoms with Crippen molar-refractivity contribution in [1.82, 2.24) is 24.8 Å². The molecule has 2 aromatic carbocycles. The van der Waals surface area contributed by atoms with Gasteiger partial charge in [-0.25, -0.2) is 18.4 Å². The molecule has 0 spiro atoms. The number of methoxy groups -OCH3 is 1. The van der Waals surface area contributed by atoms with Gasteiger partial charge in [0.1, 0.15) is 11.6 Å². The third-order valence-corrected chi connectivity index (χ3v) is 11.5. The summed E-state index contributed by atoms with van der Waals surface area (Å²) in [5.41, 5.74) is 4.99. The zero-order valence-corrected chi connectivity index (χ0v) is 30.1. The summed E-state index contributed by atoms with van der Waals surface area (Å²) in [6, 6.07) is 8.03. The normalized spacial score (nSPS) is 17.0. The van der Waals surface area contributed by atoms with Crippen LogP contribution in [0.4, 0.5) is 34.5 Å². The Kier molecular flexibility index (Phi) is 9.78. The highest BCUT2D eigenvalue weighted by Crippen LogP contribution is 2.40. The Morgan fingerprint density at radius 3 is 2.48 bits per heavy atom. The highest BCUT2D eigenvalue weighted by molar-refractivity contribution is 9.10. The summed E-state index contributed by atoms with van der Waals surface area (Å²) in [5.74, 6) is 1.36. The van der Waals surface area contributed by atoms with Crippen molar-refractivity contribution in [3.63, 3.8) is 0 Å². The Labute approximate surface area is 286 Å². The average Bonchev–Trinajstić information content (AvgIpc) is 3.50. The molecule has 0 aliphatic carbocycles. The van der Waals surface area contributed by atoms with Crippen molar-refractivity contribution < 1.29 is 13.2 Å². The molecule has 4 heterocycles. The number of piperazine rings is 1. The lowest BCUT2D eigenvalue weighted by molar-refractivity contribution is 0.0982. The van der Waals surface area contributed by atoms with E-state index in [-0.39, 0.29) is 0 Å². The van der Waals surface area contributed by atoms with Gasteiger partial charge < -0.3 is 25.2 Å². The zero-order valence-electron chi connectivity index (χ0n) is 26.1. The minimum Gasteiger partial charge on any atom is -0.494 e. The molecular formula is C30H37BrClN9O3S2. The number of benzene rings is 2. The third-order valence-electron chi connectivity index (χ3n) is 8.66. The first-order chi connectivity index (χ1) is 22.0. The molecule has 6 rings (SSSR count). The van der Waals surface area contributed by atoms with E-state index in [4.69, 9.17) is 21.3 Å². The van der Waals surface area contributed by atoms with Crippen molar-refractivity contribution in [2.75, 3.05) is 86.6 Å². The minimum atomic E-state index is -3.54. The number of nitrogens with one attached hydrogen (secondary N) is 2. The molecule has 0 atom stereocenters. The second-order valence-electron chi connectivity index (χ2n) is 11.6. The number of thiazole rings is 1. The van der Waals surface area contributed by atoms with Gasteiger partial charge in [0.05, 0.1) is 61.3 Å². The molecule has 0 radical (unpaired) electrons. The molecule has 2 aromatic heterocycles. The molecule has 2 fully saturated rings. The standard InChI is InChI=1S/C30H37BrClN9O3S2/c1-38-9-11-40(12-10-38)19-5-7-41(8-6-19)25-16-27(44-3)23(13-21(25)32)36-30-33-17-20(31)29(37-30)35-22-15-28-24(34-18-45-28)14-26(22)39(2)46(4,42)43/h13-19H,5-12H2,1-4H3,(H2,33,35,36,37). The lowest BCUT2D eigenvalue weighted by Gasteiger charge is -2.42.